The molecule has 4 amide bonds. The summed E-state index contributed by atoms with van der Waals surface area (Å²) < 4.78 is 14.4. The van der Waals surface area contributed by atoms with Crippen LogP contribution in [-0.2, 0) is 20.8 Å². The zero-order chi connectivity index (χ0) is 17.5. The number of benzene rings is 1. The largest absolute Gasteiger partial charge is 0.359 e. The molecule has 1 unspecified atom stereocenters. The van der Waals surface area contributed by atoms with Gasteiger partial charge in [0.2, 0.25) is 18.2 Å². The third kappa shape index (κ3) is 4.37. The number of amides is 4. The van der Waals surface area contributed by atoms with Gasteiger partial charge in [-0.05, 0) is 30.9 Å². The van der Waals surface area contributed by atoms with Crippen molar-refractivity contribution >= 4 is 24.1 Å². The van der Waals surface area contributed by atoms with Crippen molar-refractivity contribution in [3.05, 3.63) is 35.1 Å². The molecule has 8 heteroatoms. The van der Waals surface area contributed by atoms with E-state index < -0.39 is 23.7 Å². The van der Waals surface area contributed by atoms with Crippen LogP contribution in [0.2, 0.25) is 0 Å². The van der Waals surface area contributed by atoms with Gasteiger partial charge < -0.3 is 10.6 Å². The minimum Gasteiger partial charge on any atom is -0.359 e. The Kier molecular flexibility index (Phi) is 6.00. The zero-order valence-corrected chi connectivity index (χ0v) is 12.9. The van der Waals surface area contributed by atoms with E-state index in [9.17, 15) is 23.6 Å². The molecule has 1 aliphatic rings. The summed E-state index contributed by atoms with van der Waals surface area (Å²) in [6.45, 7) is 0.412. The van der Waals surface area contributed by atoms with Crippen molar-refractivity contribution in [2.24, 2.45) is 0 Å². The molecule has 1 saturated heterocycles. The van der Waals surface area contributed by atoms with E-state index >= 15 is 0 Å². The number of imide groups is 1. The van der Waals surface area contributed by atoms with E-state index in [0.717, 1.165) is 0 Å². The highest BCUT2D eigenvalue weighted by molar-refractivity contribution is 6.03. The van der Waals surface area contributed by atoms with Gasteiger partial charge in [-0.15, -0.1) is 0 Å². The smallest absolute Gasteiger partial charge is 0.254 e. The highest BCUT2D eigenvalue weighted by atomic mass is 19.1. The molecule has 1 aromatic carbocycles. The van der Waals surface area contributed by atoms with Gasteiger partial charge >= 0.3 is 0 Å². The van der Waals surface area contributed by atoms with Crippen LogP contribution in [0.5, 0.6) is 0 Å². The maximum atomic E-state index is 14.4. The van der Waals surface area contributed by atoms with E-state index in [0.29, 0.717) is 31.4 Å². The molecule has 0 saturated carbocycles. The summed E-state index contributed by atoms with van der Waals surface area (Å²) in [5, 5.41) is 7.06. The summed E-state index contributed by atoms with van der Waals surface area (Å²) in [6, 6.07) is 3.61. The van der Waals surface area contributed by atoms with E-state index in [1.807, 2.05) is 0 Å². The normalized spacial score (nSPS) is 17.1. The van der Waals surface area contributed by atoms with Gasteiger partial charge in [-0.25, -0.2) is 4.39 Å². The SMILES string of the molecule is O=CNCCCc1cccc(C(=O)NC2CCC(=O)NC2=O)c1F. The first kappa shape index (κ1) is 17.6. The third-order valence-electron chi connectivity index (χ3n) is 3.72. The lowest BCUT2D eigenvalue weighted by Gasteiger charge is -2.22. The fraction of sp³-hybridized carbons (Fsp3) is 0.375. The summed E-state index contributed by atoms with van der Waals surface area (Å²) in [6.07, 6.45) is 1.79. The van der Waals surface area contributed by atoms with Gasteiger partial charge in [0.15, 0.2) is 0 Å². The summed E-state index contributed by atoms with van der Waals surface area (Å²) in [5.74, 6) is -2.32. The first-order valence-corrected chi connectivity index (χ1v) is 7.62. The molecule has 1 fully saturated rings. The van der Waals surface area contributed by atoms with Crippen LogP contribution in [0.15, 0.2) is 18.2 Å². The van der Waals surface area contributed by atoms with Crippen LogP contribution in [0.4, 0.5) is 4.39 Å². The molecule has 2 rings (SSSR count). The Morgan fingerprint density at radius 3 is 2.88 bits per heavy atom. The van der Waals surface area contributed by atoms with Crippen molar-refractivity contribution in [3.8, 4) is 0 Å². The van der Waals surface area contributed by atoms with Crippen LogP contribution in [0.3, 0.4) is 0 Å². The second-order valence-corrected chi connectivity index (χ2v) is 5.43. The van der Waals surface area contributed by atoms with Gasteiger partial charge in [0.1, 0.15) is 11.9 Å². The maximum Gasteiger partial charge on any atom is 0.254 e. The van der Waals surface area contributed by atoms with Gasteiger partial charge in [-0.1, -0.05) is 12.1 Å². The van der Waals surface area contributed by atoms with Crippen LogP contribution in [0.25, 0.3) is 0 Å². The topological polar surface area (TPSA) is 104 Å². The van der Waals surface area contributed by atoms with Crippen LogP contribution < -0.4 is 16.0 Å². The number of hydrogen-bond acceptors (Lipinski definition) is 4. The maximum absolute atomic E-state index is 14.4. The highest BCUT2D eigenvalue weighted by Crippen LogP contribution is 2.15. The number of carbonyl (C=O) groups excluding carboxylic acids is 4. The minimum atomic E-state index is -0.852. The average Bonchev–Trinajstić information content (AvgIpc) is 2.55. The number of halogens is 1. The first-order chi connectivity index (χ1) is 11.5. The van der Waals surface area contributed by atoms with Crippen molar-refractivity contribution in [2.45, 2.75) is 31.7 Å². The average molecular weight is 335 g/mol. The standard InChI is InChI=1S/C16H18FN3O4/c17-14-10(4-2-8-18-9-21)3-1-5-11(14)15(23)19-12-6-7-13(22)20-16(12)24/h1,3,5,9,12H,2,4,6-8H2,(H,18,21)(H,19,23)(H,20,22,24). The number of piperidine rings is 1. The van der Waals surface area contributed by atoms with E-state index in [4.69, 9.17) is 0 Å². The minimum absolute atomic E-state index is 0.128. The highest BCUT2D eigenvalue weighted by Gasteiger charge is 2.28. The van der Waals surface area contributed by atoms with Gasteiger partial charge in [0.05, 0.1) is 5.56 Å². The van der Waals surface area contributed by atoms with E-state index in [-0.39, 0.29) is 24.3 Å². The summed E-state index contributed by atoms with van der Waals surface area (Å²) >= 11 is 0. The van der Waals surface area contributed by atoms with Gasteiger partial charge in [0.25, 0.3) is 5.91 Å². The molecule has 1 aromatic rings. The lowest BCUT2D eigenvalue weighted by Crippen LogP contribution is -2.52. The zero-order valence-electron chi connectivity index (χ0n) is 12.9. The summed E-state index contributed by atoms with van der Waals surface area (Å²) in [5.41, 5.74) is 0.208. The second kappa shape index (κ2) is 8.19. The lowest BCUT2D eigenvalue weighted by atomic mass is 10.0. The molecule has 0 aromatic heterocycles. The molecule has 0 bridgehead atoms. The summed E-state index contributed by atoms with van der Waals surface area (Å²) in [4.78, 5) is 45.1. The Balaban J connectivity index is 2.02. The molecule has 7 nitrogen and oxygen atoms in total. The van der Waals surface area contributed by atoms with Crippen LogP contribution in [-0.4, -0.2) is 36.7 Å². The van der Waals surface area contributed by atoms with Crippen molar-refractivity contribution in [1.82, 2.24) is 16.0 Å². The first-order valence-electron chi connectivity index (χ1n) is 7.62. The molecular weight excluding hydrogens is 317 g/mol. The molecule has 0 radical (unpaired) electrons. The molecule has 0 aliphatic carbocycles. The predicted octanol–water partition coefficient (Wildman–Crippen LogP) is 0.0393. The van der Waals surface area contributed by atoms with Crippen LogP contribution in [0.1, 0.15) is 35.2 Å². The molecule has 1 aliphatic heterocycles. The fourth-order valence-electron chi connectivity index (χ4n) is 2.46. The van der Waals surface area contributed by atoms with Crippen molar-refractivity contribution in [1.29, 1.82) is 0 Å². The van der Waals surface area contributed by atoms with Crippen molar-refractivity contribution in [3.63, 3.8) is 0 Å². The Hall–Kier alpha value is -2.77. The van der Waals surface area contributed by atoms with Crippen molar-refractivity contribution < 1.29 is 23.6 Å². The van der Waals surface area contributed by atoms with Crippen LogP contribution >= 0.6 is 0 Å². The molecule has 0 spiro atoms. The van der Waals surface area contributed by atoms with Gasteiger partial charge in [-0.2, -0.15) is 0 Å². The molecule has 24 heavy (non-hydrogen) atoms. The third-order valence-corrected chi connectivity index (χ3v) is 3.72. The molecule has 128 valence electrons. The number of rotatable bonds is 7. The predicted molar refractivity (Wildman–Crippen MR) is 82.4 cm³/mol. The Morgan fingerprint density at radius 1 is 1.38 bits per heavy atom. The van der Waals surface area contributed by atoms with E-state index in [1.54, 1.807) is 12.1 Å². The Bertz CT molecular complexity index is 663. The number of aryl methyl sites for hydroxylation is 1. The molecule has 1 heterocycles. The van der Waals surface area contributed by atoms with Crippen LogP contribution in [0, 0.1) is 5.82 Å². The molecule has 1 atom stereocenters. The monoisotopic (exact) mass is 335 g/mol. The lowest BCUT2D eigenvalue weighted by molar-refractivity contribution is -0.134. The van der Waals surface area contributed by atoms with Crippen molar-refractivity contribution in [2.75, 3.05) is 6.54 Å². The second-order valence-electron chi connectivity index (χ2n) is 5.43. The fourth-order valence-corrected chi connectivity index (χ4v) is 2.46. The molecule has 3 N–H and O–H groups in total. The number of hydrogen-bond donors (Lipinski definition) is 3. The number of carbonyl (C=O) groups is 4. The Morgan fingerprint density at radius 2 is 2.17 bits per heavy atom. The van der Waals surface area contributed by atoms with E-state index in [2.05, 4.69) is 16.0 Å². The Labute approximate surface area is 138 Å². The van der Waals surface area contributed by atoms with E-state index in [1.165, 1.54) is 6.07 Å². The quantitative estimate of drug-likeness (QED) is 0.372. The van der Waals surface area contributed by atoms with Gasteiger partial charge in [0, 0.05) is 13.0 Å². The summed E-state index contributed by atoms with van der Waals surface area (Å²) in [7, 11) is 0. The number of nitrogens with one attached hydrogen (secondary N) is 3. The van der Waals surface area contributed by atoms with Gasteiger partial charge in [-0.3, -0.25) is 24.5 Å². The molecular formula is C16H18FN3O4.